The maximum Gasteiger partial charge on any atom is 0.433 e. The smallest absolute Gasteiger partial charge is 0.370 e. The maximum absolute atomic E-state index is 12.7. The molecule has 1 aromatic rings. The quantitative estimate of drug-likeness (QED) is 0.751. The summed E-state index contributed by atoms with van der Waals surface area (Å²) in [7, 11) is 1.85. The SMILES string of the molecule is CN(c1ccnc(C(F)(F)F)c1)C1CCCCC1Br. The van der Waals surface area contributed by atoms with Crippen molar-refractivity contribution in [1.29, 1.82) is 0 Å². The van der Waals surface area contributed by atoms with Gasteiger partial charge in [0, 0.05) is 29.8 Å². The molecule has 1 aliphatic rings. The highest BCUT2D eigenvalue weighted by atomic mass is 79.9. The minimum Gasteiger partial charge on any atom is -0.370 e. The third kappa shape index (κ3) is 3.41. The van der Waals surface area contributed by atoms with Crippen molar-refractivity contribution in [3.8, 4) is 0 Å². The zero-order chi connectivity index (χ0) is 14.0. The molecule has 0 radical (unpaired) electrons. The van der Waals surface area contributed by atoms with Crippen molar-refractivity contribution in [3.05, 3.63) is 24.0 Å². The van der Waals surface area contributed by atoms with Crippen molar-refractivity contribution >= 4 is 21.6 Å². The summed E-state index contributed by atoms with van der Waals surface area (Å²) in [5, 5.41) is 0. The van der Waals surface area contributed by atoms with E-state index in [1.54, 1.807) is 6.07 Å². The molecule has 1 fully saturated rings. The van der Waals surface area contributed by atoms with Gasteiger partial charge >= 0.3 is 6.18 Å². The van der Waals surface area contributed by atoms with E-state index in [9.17, 15) is 13.2 Å². The van der Waals surface area contributed by atoms with Crippen LogP contribution in [0.4, 0.5) is 18.9 Å². The molecule has 6 heteroatoms. The number of pyridine rings is 1. The highest BCUT2D eigenvalue weighted by Gasteiger charge is 2.33. The summed E-state index contributed by atoms with van der Waals surface area (Å²) in [6.45, 7) is 0. The third-order valence-corrected chi connectivity index (χ3v) is 4.65. The van der Waals surface area contributed by atoms with Crippen LogP contribution in [0.15, 0.2) is 18.3 Å². The van der Waals surface area contributed by atoms with Crippen LogP contribution in [0.3, 0.4) is 0 Å². The number of hydrogen-bond acceptors (Lipinski definition) is 2. The fourth-order valence-electron chi connectivity index (χ4n) is 2.49. The van der Waals surface area contributed by atoms with E-state index in [1.807, 2.05) is 11.9 Å². The fraction of sp³-hybridized carbons (Fsp3) is 0.615. The van der Waals surface area contributed by atoms with Crippen LogP contribution in [-0.2, 0) is 6.18 Å². The zero-order valence-electron chi connectivity index (χ0n) is 10.6. The van der Waals surface area contributed by atoms with Gasteiger partial charge < -0.3 is 4.90 Å². The van der Waals surface area contributed by atoms with Crippen molar-refractivity contribution < 1.29 is 13.2 Å². The van der Waals surface area contributed by atoms with E-state index >= 15 is 0 Å². The second kappa shape index (κ2) is 5.69. The average molecular weight is 337 g/mol. The molecule has 0 aliphatic heterocycles. The molecule has 2 rings (SSSR count). The first-order valence-corrected chi connectivity index (χ1v) is 7.21. The van der Waals surface area contributed by atoms with Gasteiger partial charge in [0.2, 0.25) is 0 Å². The third-order valence-electron chi connectivity index (χ3n) is 3.59. The highest BCUT2D eigenvalue weighted by molar-refractivity contribution is 9.09. The van der Waals surface area contributed by atoms with Crippen LogP contribution in [-0.4, -0.2) is 22.9 Å². The molecule has 0 aromatic carbocycles. The van der Waals surface area contributed by atoms with Crippen LogP contribution < -0.4 is 4.90 Å². The Morgan fingerprint density at radius 1 is 1.32 bits per heavy atom. The summed E-state index contributed by atoms with van der Waals surface area (Å²) in [4.78, 5) is 5.65. The van der Waals surface area contributed by atoms with Crippen LogP contribution in [0.2, 0.25) is 0 Å². The number of rotatable bonds is 2. The normalized spacial score (nSPS) is 24.3. The Morgan fingerprint density at radius 2 is 2.00 bits per heavy atom. The van der Waals surface area contributed by atoms with E-state index in [4.69, 9.17) is 0 Å². The molecule has 0 saturated heterocycles. The second-order valence-electron chi connectivity index (χ2n) is 4.88. The lowest BCUT2D eigenvalue weighted by Crippen LogP contribution is -2.40. The summed E-state index contributed by atoms with van der Waals surface area (Å²) < 4.78 is 38.0. The van der Waals surface area contributed by atoms with Gasteiger partial charge in [-0.05, 0) is 25.0 Å². The largest absolute Gasteiger partial charge is 0.433 e. The molecular formula is C13H16BrF3N2. The molecule has 1 heterocycles. The summed E-state index contributed by atoms with van der Waals surface area (Å²) in [5.41, 5.74) is -0.266. The van der Waals surface area contributed by atoms with Crippen LogP contribution in [0.1, 0.15) is 31.4 Å². The molecule has 0 amide bonds. The van der Waals surface area contributed by atoms with Gasteiger partial charge in [0.25, 0.3) is 0 Å². The van der Waals surface area contributed by atoms with Crippen molar-refractivity contribution in [2.24, 2.45) is 0 Å². The van der Waals surface area contributed by atoms with Crippen LogP contribution in [0, 0.1) is 0 Å². The van der Waals surface area contributed by atoms with Crippen molar-refractivity contribution in [2.45, 2.75) is 42.7 Å². The lowest BCUT2D eigenvalue weighted by atomic mass is 9.94. The van der Waals surface area contributed by atoms with Gasteiger partial charge in [0.15, 0.2) is 0 Å². The van der Waals surface area contributed by atoms with E-state index in [0.717, 1.165) is 25.3 Å². The molecule has 106 valence electrons. The maximum atomic E-state index is 12.7. The van der Waals surface area contributed by atoms with Gasteiger partial charge in [-0.15, -0.1) is 0 Å². The highest BCUT2D eigenvalue weighted by Crippen LogP contribution is 2.33. The van der Waals surface area contributed by atoms with Crippen LogP contribution >= 0.6 is 15.9 Å². The van der Waals surface area contributed by atoms with Crippen LogP contribution in [0.5, 0.6) is 0 Å². The Labute approximate surface area is 119 Å². The molecule has 2 unspecified atom stereocenters. The Balaban J connectivity index is 2.21. The molecule has 1 saturated carbocycles. The summed E-state index contributed by atoms with van der Waals surface area (Å²) >= 11 is 3.63. The van der Waals surface area contributed by atoms with E-state index < -0.39 is 11.9 Å². The lowest BCUT2D eigenvalue weighted by molar-refractivity contribution is -0.141. The van der Waals surface area contributed by atoms with Gasteiger partial charge in [-0.25, -0.2) is 0 Å². The predicted molar refractivity (Wildman–Crippen MR) is 72.6 cm³/mol. The summed E-state index contributed by atoms with van der Waals surface area (Å²) in [5.74, 6) is 0. The first-order chi connectivity index (χ1) is 8.89. The Morgan fingerprint density at radius 3 is 2.63 bits per heavy atom. The van der Waals surface area contributed by atoms with Crippen molar-refractivity contribution in [1.82, 2.24) is 4.98 Å². The number of aromatic nitrogens is 1. The molecule has 0 N–H and O–H groups in total. The number of hydrogen-bond donors (Lipinski definition) is 0. The monoisotopic (exact) mass is 336 g/mol. The number of alkyl halides is 4. The van der Waals surface area contributed by atoms with Crippen molar-refractivity contribution in [3.63, 3.8) is 0 Å². The zero-order valence-corrected chi connectivity index (χ0v) is 12.2. The first-order valence-electron chi connectivity index (χ1n) is 6.30. The Kier molecular flexibility index (Phi) is 4.38. The Hall–Kier alpha value is -0.780. The molecule has 0 bridgehead atoms. The predicted octanol–water partition coefficient (Wildman–Crippen LogP) is 4.24. The van der Waals surface area contributed by atoms with E-state index in [-0.39, 0.29) is 6.04 Å². The molecule has 19 heavy (non-hydrogen) atoms. The standard InChI is InChI=1S/C13H16BrF3N2/c1-19(11-5-3-2-4-10(11)14)9-6-7-18-12(8-9)13(15,16)17/h6-8,10-11H,2-5H2,1H3. The Bertz CT molecular complexity index is 436. The van der Waals surface area contributed by atoms with Gasteiger partial charge in [0.05, 0.1) is 0 Å². The summed E-state index contributed by atoms with van der Waals surface area (Å²) in [6, 6.07) is 2.98. The number of halogens is 4. The van der Waals surface area contributed by atoms with Crippen molar-refractivity contribution in [2.75, 3.05) is 11.9 Å². The van der Waals surface area contributed by atoms with E-state index in [0.29, 0.717) is 10.5 Å². The van der Waals surface area contributed by atoms with Gasteiger partial charge in [0.1, 0.15) is 5.69 Å². The minimum atomic E-state index is -4.39. The number of nitrogens with zero attached hydrogens (tertiary/aromatic N) is 2. The molecular weight excluding hydrogens is 321 g/mol. The molecule has 2 atom stereocenters. The average Bonchev–Trinajstić information content (AvgIpc) is 2.38. The van der Waals surface area contributed by atoms with Gasteiger partial charge in [-0.3, -0.25) is 4.98 Å². The van der Waals surface area contributed by atoms with E-state index in [1.165, 1.54) is 12.6 Å². The fourth-order valence-corrected chi connectivity index (χ4v) is 3.43. The minimum absolute atomic E-state index is 0.234. The van der Waals surface area contributed by atoms with Crippen LogP contribution in [0.25, 0.3) is 0 Å². The first kappa shape index (κ1) is 14.6. The molecule has 2 nitrogen and oxygen atoms in total. The van der Waals surface area contributed by atoms with E-state index in [2.05, 4.69) is 20.9 Å². The molecule has 0 spiro atoms. The molecule has 1 aromatic heterocycles. The topological polar surface area (TPSA) is 16.1 Å². The van der Waals surface area contributed by atoms with Gasteiger partial charge in [-0.1, -0.05) is 28.8 Å². The van der Waals surface area contributed by atoms with Gasteiger partial charge in [-0.2, -0.15) is 13.2 Å². The number of anilines is 1. The second-order valence-corrected chi connectivity index (χ2v) is 6.05. The summed E-state index contributed by atoms with van der Waals surface area (Å²) in [6.07, 6.45) is 1.18. The molecule has 1 aliphatic carbocycles. The lowest BCUT2D eigenvalue weighted by Gasteiger charge is -2.36.